The summed E-state index contributed by atoms with van der Waals surface area (Å²) in [7, 11) is 0. The summed E-state index contributed by atoms with van der Waals surface area (Å²) in [5.41, 5.74) is 2.54. The third-order valence-corrected chi connectivity index (χ3v) is 3.58. The highest BCUT2D eigenvalue weighted by Crippen LogP contribution is 2.19. The number of ether oxygens (including phenoxy) is 1. The molecule has 94 valence electrons. The van der Waals surface area contributed by atoms with E-state index in [1.54, 1.807) is 0 Å². The van der Waals surface area contributed by atoms with Crippen LogP contribution in [0.25, 0.3) is 0 Å². The SMILES string of the molecule is CC(C)c1ccc(OCc2ccc(I)cc2)cc1. The van der Waals surface area contributed by atoms with E-state index in [0.29, 0.717) is 12.5 Å². The Morgan fingerprint density at radius 2 is 1.56 bits per heavy atom. The van der Waals surface area contributed by atoms with Gasteiger partial charge in [-0.25, -0.2) is 0 Å². The fourth-order valence-corrected chi connectivity index (χ4v) is 2.06. The molecule has 0 radical (unpaired) electrons. The molecule has 0 aromatic heterocycles. The standard InChI is InChI=1S/C16H17IO/c1-12(2)14-5-9-16(10-6-14)18-11-13-3-7-15(17)8-4-13/h3-10,12H,11H2,1-2H3. The summed E-state index contributed by atoms with van der Waals surface area (Å²) in [6.07, 6.45) is 0. The van der Waals surface area contributed by atoms with Gasteiger partial charge >= 0.3 is 0 Å². The van der Waals surface area contributed by atoms with Crippen LogP contribution < -0.4 is 4.74 Å². The number of halogens is 1. The van der Waals surface area contributed by atoms with Gasteiger partial charge < -0.3 is 4.74 Å². The van der Waals surface area contributed by atoms with E-state index in [1.807, 2.05) is 12.1 Å². The number of benzene rings is 2. The summed E-state index contributed by atoms with van der Waals surface area (Å²) >= 11 is 2.31. The van der Waals surface area contributed by atoms with Crippen molar-refractivity contribution in [2.45, 2.75) is 26.4 Å². The van der Waals surface area contributed by atoms with Gasteiger partial charge in [0.2, 0.25) is 0 Å². The van der Waals surface area contributed by atoms with Gasteiger partial charge in [-0.05, 0) is 63.9 Å². The van der Waals surface area contributed by atoms with Crippen LogP contribution in [0.3, 0.4) is 0 Å². The predicted octanol–water partition coefficient (Wildman–Crippen LogP) is 4.99. The largest absolute Gasteiger partial charge is 0.489 e. The Morgan fingerprint density at radius 1 is 0.944 bits per heavy atom. The van der Waals surface area contributed by atoms with Gasteiger partial charge in [-0.1, -0.05) is 38.1 Å². The second kappa shape index (κ2) is 6.23. The van der Waals surface area contributed by atoms with Crippen LogP contribution in [0.5, 0.6) is 5.75 Å². The quantitative estimate of drug-likeness (QED) is 0.704. The Balaban J connectivity index is 1.95. The molecule has 2 heteroatoms. The maximum absolute atomic E-state index is 5.76. The second-order valence-corrected chi connectivity index (χ2v) is 5.88. The van der Waals surface area contributed by atoms with E-state index < -0.39 is 0 Å². The predicted molar refractivity (Wildman–Crippen MR) is 84.0 cm³/mol. The van der Waals surface area contributed by atoms with Crippen LogP contribution in [0.2, 0.25) is 0 Å². The Morgan fingerprint density at radius 3 is 2.11 bits per heavy atom. The Labute approximate surface area is 122 Å². The van der Waals surface area contributed by atoms with Crippen molar-refractivity contribution >= 4 is 22.6 Å². The highest BCUT2D eigenvalue weighted by atomic mass is 127. The Kier molecular flexibility index (Phi) is 4.64. The molecule has 0 fully saturated rings. The molecule has 0 unspecified atom stereocenters. The molecule has 0 heterocycles. The van der Waals surface area contributed by atoms with E-state index >= 15 is 0 Å². The highest BCUT2D eigenvalue weighted by molar-refractivity contribution is 14.1. The monoisotopic (exact) mass is 352 g/mol. The number of hydrogen-bond donors (Lipinski definition) is 0. The van der Waals surface area contributed by atoms with E-state index in [9.17, 15) is 0 Å². The van der Waals surface area contributed by atoms with Gasteiger partial charge in [-0.15, -0.1) is 0 Å². The lowest BCUT2D eigenvalue weighted by atomic mass is 10.0. The van der Waals surface area contributed by atoms with Gasteiger partial charge in [0.25, 0.3) is 0 Å². The van der Waals surface area contributed by atoms with Crippen molar-refractivity contribution in [1.29, 1.82) is 0 Å². The first-order chi connectivity index (χ1) is 8.65. The minimum Gasteiger partial charge on any atom is -0.489 e. The fraction of sp³-hybridized carbons (Fsp3) is 0.250. The van der Waals surface area contributed by atoms with Crippen molar-refractivity contribution in [2.75, 3.05) is 0 Å². The van der Waals surface area contributed by atoms with Crippen molar-refractivity contribution in [3.8, 4) is 5.75 Å². The molecule has 0 aliphatic heterocycles. The lowest BCUT2D eigenvalue weighted by Crippen LogP contribution is -1.95. The maximum atomic E-state index is 5.76. The van der Waals surface area contributed by atoms with Crippen LogP contribution in [-0.2, 0) is 6.61 Å². The topological polar surface area (TPSA) is 9.23 Å². The summed E-state index contributed by atoms with van der Waals surface area (Å²) in [6, 6.07) is 16.8. The molecule has 0 amide bonds. The molecule has 2 rings (SSSR count). The Bertz CT molecular complexity index is 486. The van der Waals surface area contributed by atoms with Gasteiger partial charge in [0.15, 0.2) is 0 Å². The van der Waals surface area contributed by atoms with E-state index in [4.69, 9.17) is 4.74 Å². The summed E-state index contributed by atoms with van der Waals surface area (Å²) in [6.45, 7) is 5.01. The molecule has 1 nitrogen and oxygen atoms in total. The summed E-state index contributed by atoms with van der Waals surface area (Å²) in [5, 5.41) is 0. The van der Waals surface area contributed by atoms with E-state index in [-0.39, 0.29) is 0 Å². The van der Waals surface area contributed by atoms with Crippen molar-refractivity contribution in [3.05, 3.63) is 63.2 Å². The zero-order chi connectivity index (χ0) is 13.0. The molecule has 0 aliphatic carbocycles. The number of hydrogen-bond acceptors (Lipinski definition) is 1. The minimum absolute atomic E-state index is 0.565. The third-order valence-electron chi connectivity index (χ3n) is 2.87. The highest BCUT2D eigenvalue weighted by Gasteiger charge is 2.00. The molecule has 0 spiro atoms. The summed E-state index contributed by atoms with van der Waals surface area (Å²) in [4.78, 5) is 0. The second-order valence-electron chi connectivity index (χ2n) is 4.64. The third kappa shape index (κ3) is 3.73. The van der Waals surface area contributed by atoms with Gasteiger partial charge in [-0.3, -0.25) is 0 Å². The molecular formula is C16H17IO. The van der Waals surface area contributed by atoms with E-state index in [1.165, 1.54) is 14.7 Å². The lowest BCUT2D eigenvalue weighted by molar-refractivity contribution is 0.306. The molecule has 0 aliphatic rings. The smallest absolute Gasteiger partial charge is 0.119 e. The molecule has 0 atom stereocenters. The first-order valence-corrected chi connectivity index (χ1v) is 7.20. The fourth-order valence-electron chi connectivity index (χ4n) is 1.70. The van der Waals surface area contributed by atoms with Gasteiger partial charge in [-0.2, -0.15) is 0 Å². The Hall–Kier alpha value is -1.03. The molecule has 0 N–H and O–H groups in total. The molecule has 2 aromatic rings. The average molecular weight is 352 g/mol. The van der Waals surface area contributed by atoms with Gasteiger partial charge in [0.05, 0.1) is 0 Å². The van der Waals surface area contributed by atoms with Gasteiger partial charge in [0.1, 0.15) is 12.4 Å². The molecule has 2 aromatic carbocycles. The first-order valence-electron chi connectivity index (χ1n) is 6.12. The molecule has 0 saturated carbocycles. The number of rotatable bonds is 4. The van der Waals surface area contributed by atoms with Crippen LogP contribution in [0.15, 0.2) is 48.5 Å². The minimum atomic E-state index is 0.565. The molecule has 0 bridgehead atoms. The summed E-state index contributed by atoms with van der Waals surface area (Å²) in [5.74, 6) is 1.49. The molecule has 18 heavy (non-hydrogen) atoms. The molecule has 0 saturated heterocycles. The molecular weight excluding hydrogens is 335 g/mol. The average Bonchev–Trinajstić information content (AvgIpc) is 2.38. The van der Waals surface area contributed by atoms with Crippen molar-refractivity contribution in [1.82, 2.24) is 0 Å². The van der Waals surface area contributed by atoms with Crippen LogP contribution in [0, 0.1) is 3.57 Å². The van der Waals surface area contributed by atoms with E-state index in [2.05, 4.69) is 72.8 Å². The van der Waals surface area contributed by atoms with Crippen LogP contribution in [0.4, 0.5) is 0 Å². The van der Waals surface area contributed by atoms with Crippen molar-refractivity contribution in [3.63, 3.8) is 0 Å². The van der Waals surface area contributed by atoms with Crippen LogP contribution >= 0.6 is 22.6 Å². The zero-order valence-electron chi connectivity index (χ0n) is 10.7. The lowest BCUT2D eigenvalue weighted by Gasteiger charge is -2.09. The van der Waals surface area contributed by atoms with Gasteiger partial charge in [0, 0.05) is 3.57 Å². The normalized spacial score (nSPS) is 10.7. The van der Waals surface area contributed by atoms with Crippen molar-refractivity contribution in [2.24, 2.45) is 0 Å². The van der Waals surface area contributed by atoms with Crippen LogP contribution in [0.1, 0.15) is 30.9 Å². The maximum Gasteiger partial charge on any atom is 0.119 e. The zero-order valence-corrected chi connectivity index (χ0v) is 12.8. The van der Waals surface area contributed by atoms with Crippen molar-refractivity contribution < 1.29 is 4.74 Å². The summed E-state index contributed by atoms with van der Waals surface area (Å²) < 4.78 is 7.01. The first kappa shape index (κ1) is 13.4. The van der Waals surface area contributed by atoms with Crippen LogP contribution in [-0.4, -0.2) is 0 Å². The van der Waals surface area contributed by atoms with E-state index in [0.717, 1.165) is 5.75 Å².